The summed E-state index contributed by atoms with van der Waals surface area (Å²) in [6, 6.07) is 10.1. The van der Waals surface area contributed by atoms with Crippen molar-refractivity contribution in [2.24, 2.45) is 0 Å². The molecule has 60 valence electrons. The molecule has 0 bridgehead atoms. The molecular weight excluding hydrogens is 164 g/mol. The SMILES string of the molecule is C/C=C\C#CSc1ccccc1. The van der Waals surface area contributed by atoms with Gasteiger partial charge in [-0.25, -0.2) is 0 Å². The lowest BCUT2D eigenvalue weighted by Gasteiger charge is -1.89. The lowest BCUT2D eigenvalue weighted by molar-refractivity contribution is 1.47. The smallest absolute Gasteiger partial charge is 0.0203 e. The van der Waals surface area contributed by atoms with Crippen LogP contribution in [0.5, 0.6) is 0 Å². The second-order valence-electron chi connectivity index (χ2n) is 2.16. The van der Waals surface area contributed by atoms with Crippen molar-refractivity contribution in [2.75, 3.05) is 0 Å². The van der Waals surface area contributed by atoms with Crippen LogP contribution >= 0.6 is 11.8 Å². The van der Waals surface area contributed by atoms with Crippen LogP contribution in [0, 0.1) is 11.2 Å². The Hall–Kier alpha value is -1.13. The molecule has 0 aliphatic rings. The molecule has 0 nitrogen and oxygen atoms in total. The number of thioether (sulfide) groups is 1. The third-order valence-electron chi connectivity index (χ3n) is 1.22. The van der Waals surface area contributed by atoms with E-state index in [1.165, 1.54) is 4.90 Å². The van der Waals surface area contributed by atoms with Gasteiger partial charge in [-0.2, -0.15) is 0 Å². The molecule has 0 spiro atoms. The molecule has 0 heterocycles. The fraction of sp³-hybridized carbons (Fsp3) is 0.0909. The molecule has 0 aliphatic carbocycles. The van der Waals surface area contributed by atoms with E-state index in [0.29, 0.717) is 0 Å². The summed E-state index contributed by atoms with van der Waals surface area (Å²) in [7, 11) is 0. The number of rotatable bonds is 1. The number of hydrogen-bond donors (Lipinski definition) is 0. The molecule has 0 N–H and O–H groups in total. The van der Waals surface area contributed by atoms with Crippen LogP contribution < -0.4 is 0 Å². The first-order chi connectivity index (χ1) is 5.93. The Kier molecular flexibility index (Phi) is 4.12. The Morgan fingerprint density at radius 2 is 2.00 bits per heavy atom. The molecule has 0 atom stereocenters. The van der Waals surface area contributed by atoms with Gasteiger partial charge in [-0.3, -0.25) is 0 Å². The topological polar surface area (TPSA) is 0 Å². The van der Waals surface area contributed by atoms with Crippen molar-refractivity contribution in [3.8, 4) is 11.2 Å². The van der Waals surface area contributed by atoms with Gasteiger partial charge in [0.05, 0.1) is 0 Å². The molecule has 1 heteroatoms. The first-order valence-electron chi connectivity index (χ1n) is 3.77. The van der Waals surface area contributed by atoms with Gasteiger partial charge in [0, 0.05) is 4.90 Å². The minimum absolute atomic E-state index is 1.19. The first kappa shape index (κ1) is 8.96. The molecule has 1 aromatic carbocycles. The van der Waals surface area contributed by atoms with Crippen LogP contribution in [0.3, 0.4) is 0 Å². The van der Waals surface area contributed by atoms with Crippen LogP contribution in [-0.4, -0.2) is 0 Å². The van der Waals surface area contributed by atoms with E-state index in [9.17, 15) is 0 Å². The number of benzene rings is 1. The molecule has 0 amide bonds. The fourth-order valence-corrected chi connectivity index (χ4v) is 1.23. The van der Waals surface area contributed by atoms with E-state index in [1.807, 2.05) is 37.3 Å². The molecule has 1 rings (SSSR count). The second-order valence-corrected chi connectivity index (χ2v) is 3.04. The van der Waals surface area contributed by atoms with Crippen LogP contribution in [0.1, 0.15) is 6.92 Å². The van der Waals surface area contributed by atoms with Crippen molar-refractivity contribution in [3.05, 3.63) is 42.5 Å². The van der Waals surface area contributed by atoms with Gasteiger partial charge in [0.1, 0.15) is 0 Å². The maximum absolute atomic E-state index is 2.98. The van der Waals surface area contributed by atoms with Crippen molar-refractivity contribution in [1.82, 2.24) is 0 Å². The third kappa shape index (κ3) is 3.32. The molecule has 0 aromatic heterocycles. The van der Waals surface area contributed by atoms with Crippen LogP contribution in [0.4, 0.5) is 0 Å². The summed E-state index contributed by atoms with van der Waals surface area (Å²) >= 11 is 1.55. The first-order valence-corrected chi connectivity index (χ1v) is 4.58. The fourth-order valence-electron chi connectivity index (χ4n) is 0.694. The van der Waals surface area contributed by atoms with Crippen molar-refractivity contribution in [1.29, 1.82) is 0 Å². The van der Waals surface area contributed by atoms with E-state index in [1.54, 1.807) is 11.8 Å². The Labute approximate surface area is 77.7 Å². The maximum atomic E-state index is 2.98. The summed E-state index contributed by atoms with van der Waals surface area (Å²) < 4.78 is 0. The summed E-state index contributed by atoms with van der Waals surface area (Å²) in [5, 5.41) is 2.98. The van der Waals surface area contributed by atoms with E-state index in [2.05, 4.69) is 23.3 Å². The number of allylic oxidation sites excluding steroid dienone is 2. The van der Waals surface area contributed by atoms with Gasteiger partial charge in [-0.1, -0.05) is 30.2 Å². The highest BCUT2D eigenvalue weighted by atomic mass is 32.2. The van der Waals surface area contributed by atoms with Crippen molar-refractivity contribution in [2.45, 2.75) is 11.8 Å². The average molecular weight is 174 g/mol. The normalized spacial score (nSPS) is 9.42. The molecule has 0 unspecified atom stereocenters. The quantitative estimate of drug-likeness (QED) is 0.465. The summed E-state index contributed by atoms with van der Waals surface area (Å²) in [6.07, 6.45) is 3.77. The lowest BCUT2D eigenvalue weighted by Crippen LogP contribution is -1.63. The zero-order valence-corrected chi connectivity index (χ0v) is 7.77. The molecule has 0 radical (unpaired) electrons. The van der Waals surface area contributed by atoms with Gasteiger partial charge >= 0.3 is 0 Å². The highest BCUT2D eigenvalue weighted by Gasteiger charge is 1.84. The molecule has 0 saturated carbocycles. The summed E-state index contributed by atoms with van der Waals surface area (Å²) in [4.78, 5) is 1.19. The standard InChI is InChI=1S/C11H10S/c1-2-3-7-10-12-11-8-5-4-6-9-11/h2-6,8-9H,1H3/b3-2-. The highest BCUT2D eigenvalue weighted by molar-refractivity contribution is 8.03. The Bertz CT molecular complexity index is 301. The highest BCUT2D eigenvalue weighted by Crippen LogP contribution is 2.14. The number of hydrogen-bond acceptors (Lipinski definition) is 1. The minimum atomic E-state index is 1.19. The zero-order chi connectivity index (χ0) is 8.65. The lowest BCUT2D eigenvalue weighted by atomic mass is 10.4. The van der Waals surface area contributed by atoms with Gasteiger partial charge in [-0.15, -0.1) is 0 Å². The van der Waals surface area contributed by atoms with Crippen molar-refractivity contribution >= 4 is 11.8 Å². The Morgan fingerprint density at radius 3 is 2.67 bits per heavy atom. The van der Waals surface area contributed by atoms with Crippen LogP contribution in [0.25, 0.3) is 0 Å². The van der Waals surface area contributed by atoms with Gasteiger partial charge < -0.3 is 0 Å². The predicted molar refractivity (Wildman–Crippen MR) is 54.9 cm³/mol. The van der Waals surface area contributed by atoms with Gasteiger partial charge in [-0.05, 0) is 42.1 Å². The van der Waals surface area contributed by atoms with Gasteiger partial charge in [0.2, 0.25) is 0 Å². The molecule has 0 aliphatic heterocycles. The monoisotopic (exact) mass is 174 g/mol. The van der Waals surface area contributed by atoms with Crippen molar-refractivity contribution < 1.29 is 0 Å². The molecule has 1 aromatic rings. The van der Waals surface area contributed by atoms with Gasteiger partial charge in [0.25, 0.3) is 0 Å². The minimum Gasteiger partial charge on any atom is -0.0793 e. The van der Waals surface area contributed by atoms with E-state index in [-0.39, 0.29) is 0 Å². The zero-order valence-electron chi connectivity index (χ0n) is 6.95. The van der Waals surface area contributed by atoms with Crippen LogP contribution in [0.15, 0.2) is 47.4 Å². The Morgan fingerprint density at radius 1 is 1.25 bits per heavy atom. The van der Waals surface area contributed by atoms with E-state index in [0.717, 1.165) is 0 Å². The van der Waals surface area contributed by atoms with Crippen LogP contribution in [-0.2, 0) is 0 Å². The van der Waals surface area contributed by atoms with E-state index < -0.39 is 0 Å². The van der Waals surface area contributed by atoms with Gasteiger partial charge in [0.15, 0.2) is 0 Å². The molecule has 0 saturated heterocycles. The second kappa shape index (κ2) is 5.51. The summed E-state index contributed by atoms with van der Waals surface area (Å²) in [6.45, 7) is 1.96. The van der Waals surface area contributed by atoms with E-state index >= 15 is 0 Å². The van der Waals surface area contributed by atoms with E-state index in [4.69, 9.17) is 0 Å². The van der Waals surface area contributed by atoms with Crippen molar-refractivity contribution in [3.63, 3.8) is 0 Å². The summed E-state index contributed by atoms with van der Waals surface area (Å²) in [5.74, 6) is 2.92. The summed E-state index contributed by atoms with van der Waals surface area (Å²) in [5.41, 5.74) is 0. The largest absolute Gasteiger partial charge is 0.0793 e. The van der Waals surface area contributed by atoms with Crippen LogP contribution in [0.2, 0.25) is 0 Å². The average Bonchev–Trinajstić information content (AvgIpc) is 2.14. The third-order valence-corrected chi connectivity index (χ3v) is 1.95. The molecule has 0 fully saturated rings. The predicted octanol–water partition coefficient (Wildman–Crippen LogP) is 3.32. The Balaban J connectivity index is 2.50. The maximum Gasteiger partial charge on any atom is 0.0203 e. The molecule has 12 heavy (non-hydrogen) atoms. The molecular formula is C11H10S.